The van der Waals surface area contributed by atoms with E-state index in [4.69, 9.17) is 0 Å². The van der Waals surface area contributed by atoms with Crippen LogP contribution >= 0.6 is 22.6 Å². The Morgan fingerprint density at radius 3 is 2.42 bits per heavy atom. The molecule has 1 saturated heterocycles. The molecule has 1 aliphatic heterocycles. The van der Waals surface area contributed by atoms with E-state index < -0.39 is 23.8 Å². The lowest BCUT2D eigenvalue weighted by molar-refractivity contribution is -0.132. The molecule has 2 aromatic carbocycles. The lowest BCUT2D eigenvalue weighted by atomic mass is 10.00. The topological polar surface area (TPSA) is 81.7 Å². The highest BCUT2D eigenvalue weighted by molar-refractivity contribution is 14.1. The van der Waals surface area contributed by atoms with Gasteiger partial charge >= 0.3 is 0 Å². The van der Waals surface area contributed by atoms with Gasteiger partial charge in [-0.05, 0) is 90.1 Å². The number of hydrogen-bond acceptors (Lipinski definition) is 4. The minimum absolute atomic E-state index is 0.0640. The molecule has 1 aliphatic rings. The zero-order chi connectivity index (χ0) is 25.9. The van der Waals surface area contributed by atoms with Gasteiger partial charge < -0.3 is 20.6 Å². The number of amides is 2. The van der Waals surface area contributed by atoms with Crippen molar-refractivity contribution in [1.29, 1.82) is 0 Å². The number of halogens is 3. The first kappa shape index (κ1) is 28.5. The van der Waals surface area contributed by atoms with Gasteiger partial charge in [-0.1, -0.05) is 12.1 Å². The molecular formula is C27H34F2IN3O3. The second-order valence-corrected chi connectivity index (χ2v) is 10.5. The monoisotopic (exact) mass is 613 g/mol. The van der Waals surface area contributed by atoms with Gasteiger partial charge in [-0.2, -0.15) is 0 Å². The van der Waals surface area contributed by atoms with Crippen LogP contribution in [0.25, 0.3) is 0 Å². The fourth-order valence-electron chi connectivity index (χ4n) is 4.40. The molecule has 0 spiro atoms. The number of hydrogen-bond donors (Lipinski definition) is 3. The molecule has 0 radical (unpaired) electrons. The summed E-state index contributed by atoms with van der Waals surface area (Å²) in [4.78, 5) is 26.9. The summed E-state index contributed by atoms with van der Waals surface area (Å²) in [6.07, 6.45) is 3.10. The molecule has 1 fully saturated rings. The maximum absolute atomic E-state index is 13.7. The van der Waals surface area contributed by atoms with Crippen molar-refractivity contribution in [3.05, 3.63) is 68.8 Å². The van der Waals surface area contributed by atoms with Crippen molar-refractivity contribution >= 4 is 34.4 Å². The van der Waals surface area contributed by atoms with Gasteiger partial charge in [0.2, 0.25) is 11.8 Å². The van der Waals surface area contributed by atoms with Crippen LogP contribution in [0.5, 0.6) is 0 Å². The van der Waals surface area contributed by atoms with Crippen molar-refractivity contribution in [2.45, 2.75) is 63.6 Å². The number of benzene rings is 2. The second-order valence-electron chi connectivity index (χ2n) is 9.28. The van der Waals surface area contributed by atoms with E-state index in [1.165, 1.54) is 12.1 Å². The standard InChI is InChI=1S/C27H34F2IN3O3/c28-21-12-20(13-22(29)16-21)15-24(25(34)18-31-17-19-6-4-7-23(30)14-19)32-26(35)8-5-9-27(36)33-10-2-1-3-11-33/h4,6-7,12-14,16,24-25,31,34H,1-3,5,8-11,15,17-18H2,(H,32,35). The molecule has 2 amide bonds. The smallest absolute Gasteiger partial charge is 0.222 e. The van der Waals surface area contributed by atoms with Gasteiger partial charge in [0, 0.05) is 48.7 Å². The molecule has 0 aromatic heterocycles. The van der Waals surface area contributed by atoms with Crippen LogP contribution in [0.3, 0.4) is 0 Å². The zero-order valence-electron chi connectivity index (χ0n) is 20.3. The van der Waals surface area contributed by atoms with Crippen LogP contribution in [0.4, 0.5) is 8.78 Å². The highest BCUT2D eigenvalue weighted by Crippen LogP contribution is 2.14. The van der Waals surface area contributed by atoms with Gasteiger partial charge in [0.25, 0.3) is 0 Å². The van der Waals surface area contributed by atoms with Crippen molar-refractivity contribution in [3.8, 4) is 0 Å². The van der Waals surface area contributed by atoms with E-state index in [1.807, 2.05) is 29.2 Å². The largest absolute Gasteiger partial charge is 0.390 e. The number of piperidine rings is 1. The third-order valence-corrected chi connectivity index (χ3v) is 6.93. The summed E-state index contributed by atoms with van der Waals surface area (Å²) < 4.78 is 28.5. The molecule has 196 valence electrons. The van der Waals surface area contributed by atoms with Gasteiger partial charge in [0.1, 0.15) is 11.6 Å². The highest BCUT2D eigenvalue weighted by Gasteiger charge is 2.23. The molecule has 6 nitrogen and oxygen atoms in total. The van der Waals surface area contributed by atoms with Crippen LogP contribution in [-0.2, 0) is 22.6 Å². The Hall–Kier alpha value is -2.11. The number of nitrogens with zero attached hydrogens (tertiary/aromatic N) is 1. The van der Waals surface area contributed by atoms with E-state index in [2.05, 4.69) is 33.2 Å². The van der Waals surface area contributed by atoms with Gasteiger partial charge in [-0.15, -0.1) is 0 Å². The lowest BCUT2D eigenvalue weighted by Gasteiger charge is -2.27. The van der Waals surface area contributed by atoms with Crippen LogP contribution in [-0.4, -0.2) is 53.6 Å². The van der Waals surface area contributed by atoms with E-state index in [1.54, 1.807) is 0 Å². The van der Waals surface area contributed by atoms with Crippen LogP contribution < -0.4 is 10.6 Å². The fraction of sp³-hybridized carbons (Fsp3) is 0.481. The summed E-state index contributed by atoms with van der Waals surface area (Å²) >= 11 is 2.23. The summed E-state index contributed by atoms with van der Waals surface area (Å²) in [6, 6.07) is 10.4. The highest BCUT2D eigenvalue weighted by atomic mass is 127. The Morgan fingerprint density at radius 2 is 1.72 bits per heavy atom. The zero-order valence-corrected chi connectivity index (χ0v) is 22.5. The predicted molar refractivity (Wildman–Crippen MR) is 143 cm³/mol. The molecule has 0 saturated carbocycles. The number of nitrogens with one attached hydrogen (secondary N) is 2. The van der Waals surface area contributed by atoms with Crippen molar-refractivity contribution in [2.24, 2.45) is 0 Å². The van der Waals surface area contributed by atoms with Gasteiger partial charge in [-0.3, -0.25) is 9.59 Å². The Labute approximate surface area is 225 Å². The molecule has 2 unspecified atom stereocenters. The van der Waals surface area contributed by atoms with E-state index in [0.29, 0.717) is 24.9 Å². The normalized spacial score (nSPS) is 15.4. The van der Waals surface area contributed by atoms with E-state index in [0.717, 1.165) is 47.6 Å². The summed E-state index contributed by atoms with van der Waals surface area (Å²) in [6.45, 7) is 2.26. The summed E-state index contributed by atoms with van der Waals surface area (Å²) in [5, 5.41) is 16.8. The van der Waals surface area contributed by atoms with E-state index >= 15 is 0 Å². The average molecular weight is 613 g/mol. The third-order valence-electron chi connectivity index (χ3n) is 6.26. The maximum atomic E-state index is 13.7. The number of aliphatic hydroxyl groups is 1. The quantitative estimate of drug-likeness (QED) is 0.317. The Morgan fingerprint density at radius 1 is 1.00 bits per heavy atom. The Balaban J connectivity index is 1.54. The van der Waals surface area contributed by atoms with Crippen LogP contribution in [0.2, 0.25) is 0 Å². The molecule has 3 N–H and O–H groups in total. The van der Waals surface area contributed by atoms with E-state index in [9.17, 15) is 23.5 Å². The van der Waals surface area contributed by atoms with Gasteiger partial charge in [0.15, 0.2) is 0 Å². The van der Waals surface area contributed by atoms with Crippen LogP contribution in [0.15, 0.2) is 42.5 Å². The molecule has 9 heteroatoms. The van der Waals surface area contributed by atoms with Crippen molar-refractivity contribution in [3.63, 3.8) is 0 Å². The predicted octanol–water partition coefficient (Wildman–Crippen LogP) is 3.93. The number of aliphatic hydroxyl groups excluding tert-OH is 1. The summed E-state index contributed by atoms with van der Waals surface area (Å²) in [7, 11) is 0. The number of rotatable bonds is 12. The average Bonchev–Trinajstić information content (AvgIpc) is 2.83. The van der Waals surface area contributed by atoms with Crippen LogP contribution in [0.1, 0.15) is 49.7 Å². The molecule has 36 heavy (non-hydrogen) atoms. The minimum Gasteiger partial charge on any atom is -0.390 e. The Bertz CT molecular complexity index is 997. The molecule has 1 heterocycles. The van der Waals surface area contributed by atoms with Crippen molar-refractivity contribution in [2.75, 3.05) is 19.6 Å². The molecule has 2 aromatic rings. The second kappa shape index (κ2) is 14.6. The fourth-order valence-corrected chi connectivity index (χ4v) is 5.01. The molecule has 0 bridgehead atoms. The summed E-state index contributed by atoms with van der Waals surface area (Å²) in [5.41, 5.74) is 1.40. The summed E-state index contributed by atoms with van der Waals surface area (Å²) in [5.74, 6) is -1.66. The van der Waals surface area contributed by atoms with Crippen molar-refractivity contribution in [1.82, 2.24) is 15.5 Å². The first-order chi connectivity index (χ1) is 17.3. The Kier molecular flexibility index (Phi) is 11.5. The number of carbonyl (C=O) groups excluding carboxylic acids is 2. The molecule has 0 aliphatic carbocycles. The molecule has 3 rings (SSSR count). The number of likely N-dealkylation sites (tertiary alicyclic amines) is 1. The minimum atomic E-state index is -0.988. The first-order valence-corrected chi connectivity index (χ1v) is 13.5. The first-order valence-electron chi connectivity index (χ1n) is 12.5. The molecular weight excluding hydrogens is 579 g/mol. The van der Waals surface area contributed by atoms with Gasteiger partial charge in [0.05, 0.1) is 12.1 Å². The van der Waals surface area contributed by atoms with Crippen molar-refractivity contribution < 1.29 is 23.5 Å². The lowest BCUT2D eigenvalue weighted by Crippen LogP contribution is -2.48. The van der Waals surface area contributed by atoms with Gasteiger partial charge in [-0.25, -0.2) is 8.78 Å². The van der Waals surface area contributed by atoms with E-state index in [-0.39, 0.29) is 31.2 Å². The SMILES string of the molecule is O=C(CCCC(=O)N1CCCCC1)NC(Cc1cc(F)cc(F)c1)C(O)CNCc1cccc(I)c1. The maximum Gasteiger partial charge on any atom is 0.222 e. The van der Waals surface area contributed by atoms with Crippen LogP contribution in [0, 0.1) is 15.2 Å². The molecule has 2 atom stereocenters. The number of carbonyl (C=O) groups is 2. The third kappa shape index (κ3) is 9.74.